The van der Waals surface area contributed by atoms with Crippen molar-refractivity contribution in [2.24, 2.45) is 11.3 Å². The Labute approximate surface area is 117 Å². The third-order valence-corrected chi connectivity index (χ3v) is 3.19. The van der Waals surface area contributed by atoms with E-state index in [9.17, 15) is 4.79 Å². The van der Waals surface area contributed by atoms with Crippen LogP contribution >= 0.6 is 0 Å². The van der Waals surface area contributed by atoms with Crippen LogP contribution in [0.1, 0.15) is 50.8 Å². The second kappa shape index (κ2) is 6.23. The molecule has 106 valence electrons. The molecule has 1 rings (SSSR count). The van der Waals surface area contributed by atoms with Gasteiger partial charge in [-0.3, -0.25) is 4.79 Å². The summed E-state index contributed by atoms with van der Waals surface area (Å²) in [5, 5.41) is 0. The van der Waals surface area contributed by atoms with E-state index < -0.39 is 0 Å². The molecule has 2 nitrogen and oxygen atoms in total. The second-order valence-electron chi connectivity index (χ2n) is 6.70. The summed E-state index contributed by atoms with van der Waals surface area (Å²) in [5.74, 6) is -0.152. The highest BCUT2D eigenvalue weighted by Gasteiger charge is 2.22. The van der Waals surface area contributed by atoms with Gasteiger partial charge in [0.05, 0.1) is 5.92 Å². The summed E-state index contributed by atoms with van der Waals surface area (Å²) in [4.78, 5) is 12.0. The number of benzene rings is 1. The predicted molar refractivity (Wildman–Crippen MR) is 78.9 cm³/mol. The fourth-order valence-corrected chi connectivity index (χ4v) is 2.30. The van der Waals surface area contributed by atoms with Crippen molar-refractivity contribution in [3.05, 3.63) is 34.9 Å². The van der Waals surface area contributed by atoms with Crippen LogP contribution in [0.5, 0.6) is 0 Å². The van der Waals surface area contributed by atoms with Crippen molar-refractivity contribution in [1.82, 2.24) is 0 Å². The third kappa shape index (κ3) is 5.46. The standard InChI is InChI=1S/C17H26O2/c1-12-7-8-15(13(2)9-12)11-19-16(18)14(3)10-17(4,5)6/h7-9,14H,10-11H2,1-6H3. The van der Waals surface area contributed by atoms with Gasteiger partial charge in [0.2, 0.25) is 0 Å². The zero-order valence-electron chi connectivity index (χ0n) is 13.0. The molecular weight excluding hydrogens is 236 g/mol. The van der Waals surface area contributed by atoms with Crippen LogP contribution < -0.4 is 0 Å². The number of hydrogen-bond donors (Lipinski definition) is 0. The van der Waals surface area contributed by atoms with Crippen molar-refractivity contribution in [3.63, 3.8) is 0 Å². The number of aryl methyl sites for hydroxylation is 2. The topological polar surface area (TPSA) is 26.3 Å². The summed E-state index contributed by atoms with van der Waals surface area (Å²) in [7, 11) is 0. The second-order valence-corrected chi connectivity index (χ2v) is 6.70. The molecule has 0 aliphatic heterocycles. The Kier molecular flexibility index (Phi) is 5.16. The van der Waals surface area contributed by atoms with Gasteiger partial charge in [-0.1, -0.05) is 51.5 Å². The van der Waals surface area contributed by atoms with Crippen molar-refractivity contribution in [2.45, 2.75) is 54.6 Å². The lowest BCUT2D eigenvalue weighted by atomic mass is 9.85. The van der Waals surface area contributed by atoms with Gasteiger partial charge in [0.25, 0.3) is 0 Å². The Bertz CT molecular complexity index is 441. The van der Waals surface area contributed by atoms with E-state index >= 15 is 0 Å². The highest BCUT2D eigenvalue weighted by Crippen LogP contribution is 2.25. The maximum Gasteiger partial charge on any atom is 0.309 e. The van der Waals surface area contributed by atoms with Crippen molar-refractivity contribution < 1.29 is 9.53 Å². The SMILES string of the molecule is Cc1ccc(COC(=O)C(C)CC(C)(C)C)c(C)c1. The van der Waals surface area contributed by atoms with E-state index in [1.54, 1.807) is 0 Å². The van der Waals surface area contributed by atoms with Crippen LogP contribution in [-0.4, -0.2) is 5.97 Å². The van der Waals surface area contributed by atoms with Crippen LogP contribution in [0.15, 0.2) is 18.2 Å². The van der Waals surface area contributed by atoms with Gasteiger partial charge in [-0.15, -0.1) is 0 Å². The molecule has 0 heterocycles. The van der Waals surface area contributed by atoms with E-state index in [-0.39, 0.29) is 17.3 Å². The molecular formula is C17H26O2. The summed E-state index contributed by atoms with van der Waals surface area (Å²) in [6, 6.07) is 6.20. The van der Waals surface area contributed by atoms with Crippen molar-refractivity contribution in [3.8, 4) is 0 Å². The van der Waals surface area contributed by atoms with Gasteiger partial charge >= 0.3 is 5.97 Å². The maximum atomic E-state index is 12.0. The number of rotatable bonds is 4. The van der Waals surface area contributed by atoms with Crippen LogP contribution in [0.2, 0.25) is 0 Å². The third-order valence-electron chi connectivity index (χ3n) is 3.19. The van der Waals surface area contributed by atoms with E-state index in [4.69, 9.17) is 4.74 Å². The van der Waals surface area contributed by atoms with E-state index in [0.717, 1.165) is 12.0 Å². The van der Waals surface area contributed by atoms with E-state index in [2.05, 4.69) is 46.8 Å². The van der Waals surface area contributed by atoms with E-state index in [1.165, 1.54) is 11.1 Å². The fraction of sp³-hybridized carbons (Fsp3) is 0.588. The molecule has 0 N–H and O–H groups in total. The van der Waals surface area contributed by atoms with E-state index in [0.29, 0.717) is 6.61 Å². The van der Waals surface area contributed by atoms with Crippen LogP contribution in [0.25, 0.3) is 0 Å². The Hall–Kier alpha value is -1.31. The quantitative estimate of drug-likeness (QED) is 0.751. The van der Waals surface area contributed by atoms with Gasteiger partial charge in [0.1, 0.15) is 6.61 Å². The zero-order valence-corrected chi connectivity index (χ0v) is 13.0. The average molecular weight is 262 g/mol. The van der Waals surface area contributed by atoms with Crippen molar-refractivity contribution >= 4 is 5.97 Å². The van der Waals surface area contributed by atoms with Crippen LogP contribution in [-0.2, 0) is 16.1 Å². The number of carbonyl (C=O) groups is 1. The Morgan fingerprint density at radius 2 is 1.89 bits per heavy atom. The monoisotopic (exact) mass is 262 g/mol. The molecule has 0 bridgehead atoms. The molecule has 1 aromatic rings. The lowest BCUT2D eigenvalue weighted by molar-refractivity contribution is -0.150. The van der Waals surface area contributed by atoms with Gasteiger partial charge in [0, 0.05) is 0 Å². The molecule has 0 aromatic heterocycles. The molecule has 2 heteroatoms. The minimum absolute atomic E-state index is 0.0502. The number of hydrogen-bond acceptors (Lipinski definition) is 2. The fourth-order valence-electron chi connectivity index (χ4n) is 2.30. The lowest BCUT2D eigenvalue weighted by Gasteiger charge is -2.22. The molecule has 1 atom stereocenters. The summed E-state index contributed by atoms with van der Waals surface area (Å²) in [6.07, 6.45) is 0.846. The van der Waals surface area contributed by atoms with Gasteiger partial charge < -0.3 is 4.74 Å². The Morgan fingerprint density at radius 3 is 2.42 bits per heavy atom. The smallest absolute Gasteiger partial charge is 0.309 e. The number of ether oxygens (including phenoxy) is 1. The molecule has 0 saturated carbocycles. The van der Waals surface area contributed by atoms with Crippen molar-refractivity contribution in [2.75, 3.05) is 0 Å². The highest BCUT2D eigenvalue weighted by atomic mass is 16.5. The predicted octanol–water partition coefficient (Wildman–Crippen LogP) is 4.42. The van der Waals surface area contributed by atoms with Gasteiger partial charge in [-0.2, -0.15) is 0 Å². The van der Waals surface area contributed by atoms with Crippen molar-refractivity contribution in [1.29, 1.82) is 0 Å². The minimum Gasteiger partial charge on any atom is -0.461 e. The molecule has 0 saturated heterocycles. The summed E-state index contributed by atoms with van der Waals surface area (Å²) < 4.78 is 5.42. The number of esters is 1. The first-order valence-electron chi connectivity index (χ1n) is 6.92. The molecule has 0 aliphatic carbocycles. The first-order valence-corrected chi connectivity index (χ1v) is 6.92. The number of carbonyl (C=O) groups excluding carboxylic acids is 1. The molecule has 0 amide bonds. The Balaban J connectivity index is 2.54. The zero-order chi connectivity index (χ0) is 14.6. The average Bonchev–Trinajstić information content (AvgIpc) is 2.25. The largest absolute Gasteiger partial charge is 0.461 e. The molecule has 1 unspecified atom stereocenters. The maximum absolute atomic E-state index is 12.0. The van der Waals surface area contributed by atoms with Crippen LogP contribution in [0, 0.1) is 25.2 Å². The van der Waals surface area contributed by atoms with Gasteiger partial charge in [-0.25, -0.2) is 0 Å². The van der Waals surface area contributed by atoms with Crippen LogP contribution in [0.4, 0.5) is 0 Å². The molecule has 1 aromatic carbocycles. The van der Waals surface area contributed by atoms with Gasteiger partial charge in [-0.05, 0) is 36.8 Å². The highest BCUT2D eigenvalue weighted by molar-refractivity contribution is 5.72. The van der Waals surface area contributed by atoms with Crippen LogP contribution in [0.3, 0.4) is 0 Å². The molecule has 0 fully saturated rings. The molecule has 19 heavy (non-hydrogen) atoms. The molecule has 0 radical (unpaired) electrons. The normalized spacial score (nSPS) is 13.2. The van der Waals surface area contributed by atoms with E-state index in [1.807, 2.05) is 13.0 Å². The minimum atomic E-state index is -0.102. The lowest BCUT2D eigenvalue weighted by Crippen LogP contribution is -2.20. The first kappa shape index (κ1) is 15.7. The molecule has 0 aliphatic rings. The summed E-state index contributed by atoms with van der Waals surface area (Å²) >= 11 is 0. The Morgan fingerprint density at radius 1 is 1.26 bits per heavy atom. The summed E-state index contributed by atoms with van der Waals surface area (Å²) in [6.45, 7) is 12.8. The summed E-state index contributed by atoms with van der Waals surface area (Å²) in [5.41, 5.74) is 3.64. The molecule has 0 spiro atoms. The first-order chi connectivity index (χ1) is 8.69. The van der Waals surface area contributed by atoms with Gasteiger partial charge in [0.15, 0.2) is 0 Å².